The summed E-state index contributed by atoms with van der Waals surface area (Å²) in [7, 11) is 0. The van der Waals surface area contributed by atoms with Gasteiger partial charge in [-0.1, -0.05) is 50.7 Å². The summed E-state index contributed by atoms with van der Waals surface area (Å²) in [4.78, 5) is 0. The minimum Gasteiger partial charge on any atom is -0.324 e. The van der Waals surface area contributed by atoms with E-state index in [1.165, 1.54) is 37.7 Å². The Morgan fingerprint density at radius 3 is 2.38 bits per heavy atom. The van der Waals surface area contributed by atoms with E-state index in [1.807, 2.05) is 0 Å². The molecule has 0 aliphatic rings. The summed E-state index contributed by atoms with van der Waals surface area (Å²) in [6.45, 7) is 6.43. The van der Waals surface area contributed by atoms with E-state index >= 15 is 0 Å². The third kappa shape index (κ3) is 6.83. The molecule has 13 heavy (non-hydrogen) atoms. The molecular formula is C12H25N. The third-order valence-electron chi connectivity index (χ3n) is 2.66. The van der Waals surface area contributed by atoms with Gasteiger partial charge < -0.3 is 5.73 Å². The first kappa shape index (κ1) is 12.7. The van der Waals surface area contributed by atoms with Gasteiger partial charge in [-0.3, -0.25) is 0 Å². The molecule has 0 saturated carbocycles. The molecule has 0 aromatic carbocycles. The van der Waals surface area contributed by atoms with E-state index in [-0.39, 0.29) is 0 Å². The van der Waals surface area contributed by atoms with Crippen LogP contribution in [0.1, 0.15) is 59.3 Å². The highest BCUT2D eigenvalue weighted by atomic mass is 14.6. The van der Waals surface area contributed by atoms with Gasteiger partial charge in [0.25, 0.3) is 0 Å². The van der Waals surface area contributed by atoms with Crippen molar-refractivity contribution < 1.29 is 0 Å². The smallest absolute Gasteiger partial charge is 0.0250 e. The van der Waals surface area contributed by atoms with Crippen LogP contribution >= 0.6 is 0 Å². The Labute approximate surface area is 83.4 Å². The summed E-state index contributed by atoms with van der Waals surface area (Å²) in [5.74, 6) is 0. The van der Waals surface area contributed by atoms with Crippen LogP contribution in [0.5, 0.6) is 0 Å². The molecule has 78 valence electrons. The summed E-state index contributed by atoms with van der Waals surface area (Å²) in [5.41, 5.74) is 7.30. The Hall–Kier alpha value is -0.300. The molecule has 0 aliphatic carbocycles. The molecule has 0 fully saturated rings. The molecule has 0 bridgehead atoms. The zero-order chi connectivity index (χ0) is 10.1. The molecule has 0 radical (unpaired) electrons. The molecule has 0 saturated heterocycles. The van der Waals surface area contributed by atoms with E-state index in [0.717, 1.165) is 6.42 Å². The highest BCUT2D eigenvalue weighted by Gasteiger charge is 2.02. The topological polar surface area (TPSA) is 26.0 Å². The van der Waals surface area contributed by atoms with Crippen LogP contribution in [0.15, 0.2) is 11.6 Å². The SMILES string of the molecule is C/C=C(\C)C(N)CCCCCCC. The molecular weight excluding hydrogens is 158 g/mol. The second-order valence-electron chi connectivity index (χ2n) is 3.84. The summed E-state index contributed by atoms with van der Waals surface area (Å²) in [6.07, 6.45) is 9.97. The average Bonchev–Trinajstić information content (AvgIpc) is 2.16. The van der Waals surface area contributed by atoms with Crippen molar-refractivity contribution in [1.29, 1.82) is 0 Å². The Morgan fingerprint density at radius 1 is 1.23 bits per heavy atom. The summed E-state index contributed by atoms with van der Waals surface area (Å²) in [6, 6.07) is 0.298. The van der Waals surface area contributed by atoms with Crippen LogP contribution in [0.3, 0.4) is 0 Å². The van der Waals surface area contributed by atoms with E-state index in [0.29, 0.717) is 6.04 Å². The number of rotatable bonds is 7. The number of allylic oxidation sites excluding steroid dienone is 1. The Balaban J connectivity index is 3.32. The van der Waals surface area contributed by atoms with Gasteiger partial charge in [-0.05, 0) is 20.3 Å². The highest BCUT2D eigenvalue weighted by Crippen LogP contribution is 2.10. The first-order valence-corrected chi connectivity index (χ1v) is 5.60. The van der Waals surface area contributed by atoms with Crippen LogP contribution in [0.2, 0.25) is 0 Å². The molecule has 1 atom stereocenters. The van der Waals surface area contributed by atoms with Crippen molar-refractivity contribution in [3.63, 3.8) is 0 Å². The van der Waals surface area contributed by atoms with E-state index in [4.69, 9.17) is 5.73 Å². The average molecular weight is 183 g/mol. The lowest BCUT2D eigenvalue weighted by atomic mass is 10.0. The second-order valence-corrected chi connectivity index (χ2v) is 3.84. The molecule has 1 heteroatoms. The van der Waals surface area contributed by atoms with Crippen LogP contribution in [0, 0.1) is 0 Å². The summed E-state index contributed by atoms with van der Waals surface area (Å²) < 4.78 is 0. The Bertz CT molecular complexity index is 138. The molecule has 0 aliphatic heterocycles. The minimum atomic E-state index is 0.298. The molecule has 2 N–H and O–H groups in total. The first-order chi connectivity index (χ1) is 6.22. The minimum absolute atomic E-state index is 0.298. The lowest BCUT2D eigenvalue weighted by Crippen LogP contribution is -2.20. The van der Waals surface area contributed by atoms with Gasteiger partial charge in [-0.25, -0.2) is 0 Å². The standard InChI is InChI=1S/C12H25N/c1-4-6-7-8-9-10-12(13)11(3)5-2/h5,12H,4,6-10,13H2,1-3H3/b11-5+. The molecule has 0 aromatic rings. The lowest BCUT2D eigenvalue weighted by molar-refractivity contribution is 0.572. The largest absolute Gasteiger partial charge is 0.324 e. The van der Waals surface area contributed by atoms with Crippen molar-refractivity contribution in [3.8, 4) is 0 Å². The third-order valence-corrected chi connectivity index (χ3v) is 2.66. The van der Waals surface area contributed by atoms with Crippen molar-refractivity contribution in [2.24, 2.45) is 5.73 Å². The molecule has 0 heterocycles. The fourth-order valence-electron chi connectivity index (χ4n) is 1.41. The molecule has 0 spiro atoms. The maximum atomic E-state index is 5.97. The van der Waals surface area contributed by atoms with Gasteiger partial charge in [0, 0.05) is 6.04 Å². The molecule has 0 amide bonds. The van der Waals surface area contributed by atoms with Crippen LogP contribution in [-0.4, -0.2) is 6.04 Å². The molecule has 0 aromatic heterocycles. The quantitative estimate of drug-likeness (QED) is 0.473. The number of nitrogens with two attached hydrogens (primary N) is 1. The highest BCUT2D eigenvalue weighted by molar-refractivity contribution is 5.04. The fraction of sp³-hybridized carbons (Fsp3) is 0.833. The maximum absolute atomic E-state index is 5.97. The fourth-order valence-corrected chi connectivity index (χ4v) is 1.41. The number of hydrogen-bond acceptors (Lipinski definition) is 1. The number of hydrogen-bond donors (Lipinski definition) is 1. The van der Waals surface area contributed by atoms with Gasteiger partial charge >= 0.3 is 0 Å². The monoisotopic (exact) mass is 183 g/mol. The van der Waals surface area contributed by atoms with Gasteiger partial charge in [0.1, 0.15) is 0 Å². The zero-order valence-corrected chi connectivity index (χ0v) is 9.47. The van der Waals surface area contributed by atoms with E-state index in [9.17, 15) is 0 Å². The zero-order valence-electron chi connectivity index (χ0n) is 9.47. The van der Waals surface area contributed by atoms with Gasteiger partial charge in [-0.2, -0.15) is 0 Å². The van der Waals surface area contributed by atoms with Gasteiger partial charge in [0.05, 0.1) is 0 Å². The maximum Gasteiger partial charge on any atom is 0.0250 e. The van der Waals surface area contributed by atoms with E-state index in [2.05, 4.69) is 26.8 Å². The Morgan fingerprint density at radius 2 is 1.85 bits per heavy atom. The van der Waals surface area contributed by atoms with Gasteiger partial charge in [-0.15, -0.1) is 0 Å². The van der Waals surface area contributed by atoms with Gasteiger partial charge in [0.2, 0.25) is 0 Å². The summed E-state index contributed by atoms with van der Waals surface area (Å²) in [5, 5.41) is 0. The predicted molar refractivity (Wildman–Crippen MR) is 60.8 cm³/mol. The summed E-state index contributed by atoms with van der Waals surface area (Å²) >= 11 is 0. The predicted octanol–water partition coefficient (Wildman–Crippen LogP) is 3.64. The van der Waals surface area contributed by atoms with Crippen molar-refractivity contribution >= 4 is 0 Å². The molecule has 1 nitrogen and oxygen atoms in total. The van der Waals surface area contributed by atoms with Gasteiger partial charge in [0.15, 0.2) is 0 Å². The Kier molecular flexibility index (Phi) is 8.11. The lowest BCUT2D eigenvalue weighted by Gasteiger charge is -2.11. The van der Waals surface area contributed by atoms with Crippen molar-refractivity contribution in [1.82, 2.24) is 0 Å². The van der Waals surface area contributed by atoms with Crippen molar-refractivity contribution in [3.05, 3.63) is 11.6 Å². The number of unbranched alkanes of at least 4 members (excludes halogenated alkanes) is 4. The van der Waals surface area contributed by atoms with Crippen molar-refractivity contribution in [2.45, 2.75) is 65.3 Å². The van der Waals surface area contributed by atoms with Crippen LogP contribution < -0.4 is 5.73 Å². The van der Waals surface area contributed by atoms with E-state index in [1.54, 1.807) is 0 Å². The van der Waals surface area contributed by atoms with Crippen LogP contribution in [0.4, 0.5) is 0 Å². The van der Waals surface area contributed by atoms with Crippen molar-refractivity contribution in [2.75, 3.05) is 0 Å². The van der Waals surface area contributed by atoms with Crippen LogP contribution in [-0.2, 0) is 0 Å². The molecule has 0 rings (SSSR count). The first-order valence-electron chi connectivity index (χ1n) is 5.60. The molecule has 1 unspecified atom stereocenters. The van der Waals surface area contributed by atoms with E-state index < -0.39 is 0 Å². The van der Waals surface area contributed by atoms with Crippen LogP contribution in [0.25, 0.3) is 0 Å². The second kappa shape index (κ2) is 8.31. The normalized spacial score (nSPS) is 14.6.